The third-order valence-electron chi connectivity index (χ3n) is 4.04. The van der Waals surface area contributed by atoms with Crippen LogP contribution in [0.3, 0.4) is 0 Å². The van der Waals surface area contributed by atoms with Crippen LogP contribution in [-0.2, 0) is 4.74 Å². The van der Waals surface area contributed by atoms with Crippen LogP contribution in [-0.4, -0.2) is 52.9 Å². The van der Waals surface area contributed by atoms with Gasteiger partial charge in [-0.25, -0.2) is 14.8 Å². The van der Waals surface area contributed by atoms with Crippen molar-refractivity contribution in [1.29, 1.82) is 0 Å². The van der Waals surface area contributed by atoms with Gasteiger partial charge in [0.2, 0.25) is 0 Å². The first-order valence-corrected chi connectivity index (χ1v) is 8.25. The highest BCUT2D eigenvalue weighted by Gasteiger charge is 2.32. The van der Waals surface area contributed by atoms with E-state index in [0.717, 1.165) is 24.3 Å². The Bertz CT molecular complexity index is 622. The van der Waals surface area contributed by atoms with E-state index in [2.05, 4.69) is 15.0 Å². The van der Waals surface area contributed by atoms with E-state index in [1.165, 1.54) is 6.34 Å². The van der Waals surface area contributed by atoms with Gasteiger partial charge in [0, 0.05) is 24.7 Å². The average Bonchev–Trinajstić information content (AvgIpc) is 2.94. The number of hydrogen-bond donors (Lipinski definition) is 0. The number of fused-ring (bicyclic) bond motifs is 1. The molecule has 0 spiro atoms. The Hall–Kier alpha value is -1.69. The van der Waals surface area contributed by atoms with Crippen LogP contribution < -0.4 is 0 Å². The molecule has 3 aliphatic heterocycles. The predicted molar refractivity (Wildman–Crippen MR) is 91.6 cm³/mol. The van der Waals surface area contributed by atoms with Gasteiger partial charge in [0.1, 0.15) is 23.7 Å². The summed E-state index contributed by atoms with van der Waals surface area (Å²) in [6, 6.07) is -0.0983. The Morgan fingerprint density at radius 2 is 2.04 bits per heavy atom. The molecule has 7 heteroatoms. The molecule has 1 amide bonds. The van der Waals surface area contributed by atoms with E-state index in [-0.39, 0.29) is 12.1 Å². The molecule has 0 unspecified atom stereocenters. The summed E-state index contributed by atoms with van der Waals surface area (Å²) in [5, 5.41) is 0.430. The second-order valence-electron chi connectivity index (χ2n) is 6.96. The summed E-state index contributed by atoms with van der Waals surface area (Å²) in [7, 11) is 0. The molecule has 0 N–H and O–H groups in total. The van der Waals surface area contributed by atoms with E-state index in [1.807, 2.05) is 26.8 Å². The maximum atomic E-state index is 12.1. The molecule has 1 atom stereocenters. The van der Waals surface area contributed by atoms with Gasteiger partial charge >= 0.3 is 6.09 Å². The molecule has 0 aromatic heterocycles. The molecule has 3 heterocycles. The molecule has 124 valence electrons. The van der Waals surface area contributed by atoms with Crippen molar-refractivity contribution in [3.8, 4) is 0 Å². The number of likely N-dealkylation sites (tertiary alicyclic amines) is 1. The van der Waals surface area contributed by atoms with E-state index in [4.69, 9.17) is 16.3 Å². The molecular weight excluding hydrogens is 316 g/mol. The average molecular weight is 337 g/mol. The summed E-state index contributed by atoms with van der Waals surface area (Å²) in [6.45, 7) is 6.96. The second kappa shape index (κ2) is 6.07. The first-order valence-electron chi connectivity index (χ1n) is 7.87. The van der Waals surface area contributed by atoms with Crippen molar-refractivity contribution >= 4 is 34.9 Å². The summed E-state index contributed by atoms with van der Waals surface area (Å²) in [5.74, 6) is 0.291. The van der Waals surface area contributed by atoms with E-state index in [9.17, 15) is 4.79 Å². The van der Waals surface area contributed by atoms with Crippen LogP contribution >= 0.6 is 11.6 Å². The van der Waals surface area contributed by atoms with Crippen molar-refractivity contribution < 1.29 is 9.53 Å². The predicted octanol–water partition coefficient (Wildman–Crippen LogP) is 3.02. The third kappa shape index (κ3) is 3.63. The van der Waals surface area contributed by atoms with E-state index >= 15 is 0 Å². The maximum absolute atomic E-state index is 12.1. The van der Waals surface area contributed by atoms with Gasteiger partial charge in [-0.2, -0.15) is 0 Å². The smallest absolute Gasteiger partial charge is 0.410 e. The fraction of sp³-hybridized carbons (Fsp3) is 0.625. The lowest BCUT2D eigenvalue weighted by Gasteiger charge is -2.34. The zero-order chi connectivity index (χ0) is 16.6. The van der Waals surface area contributed by atoms with E-state index < -0.39 is 5.60 Å². The van der Waals surface area contributed by atoms with Gasteiger partial charge in [0.15, 0.2) is 5.17 Å². The number of carbonyl (C=O) groups excluding carboxylic acids is 1. The summed E-state index contributed by atoms with van der Waals surface area (Å²) < 4.78 is 5.42. The molecule has 0 bridgehead atoms. The number of amides is 1. The SMILES string of the molecule is CC(C)(C)OC(=O)N1CCC(C2=C[C@H]3N=CN=C3C(Cl)=N2)CC1. The minimum Gasteiger partial charge on any atom is -0.444 e. The lowest BCUT2D eigenvalue weighted by molar-refractivity contribution is 0.0194. The maximum Gasteiger partial charge on any atom is 0.410 e. The molecule has 3 aliphatic rings. The first-order chi connectivity index (χ1) is 10.8. The monoisotopic (exact) mass is 336 g/mol. The van der Waals surface area contributed by atoms with Crippen LogP contribution in [0.4, 0.5) is 4.79 Å². The topological polar surface area (TPSA) is 66.6 Å². The van der Waals surface area contributed by atoms with Crippen LogP contribution in [0.2, 0.25) is 0 Å². The Kier molecular flexibility index (Phi) is 4.27. The molecule has 0 aliphatic carbocycles. The molecule has 0 saturated carbocycles. The van der Waals surface area contributed by atoms with Crippen molar-refractivity contribution in [2.75, 3.05) is 13.1 Å². The van der Waals surface area contributed by atoms with E-state index in [1.54, 1.807) is 4.90 Å². The quantitative estimate of drug-likeness (QED) is 0.738. The molecule has 0 radical (unpaired) electrons. The van der Waals surface area contributed by atoms with Crippen molar-refractivity contribution in [1.82, 2.24) is 4.90 Å². The van der Waals surface area contributed by atoms with Crippen LogP contribution in [0.15, 0.2) is 26.8 Å². The Morgan fingerprint density at radius 1 is 1.35 bits per heavy atom. The van der Waals surface area contributed by atoms with Crippen LogP contribution in [0.25, 0.3) is 0 Å². The fourth-order valence-corrected chi connectivity index (χ4v) is 3.15. The molecule has 0 aromatic rings. The van der Waals surface area contributed by atoms with Crippen molar-refractivity contribution in [2.45, 2.75) is 45.3 Å². The molecule has 1 fully saturated rings. The minimum absolute atomic E-state index is 0.0983. The zero-order valence-electron chi connectivity index (χ0n) is 13.6. The summed E-state index contributed by atoms with van der Waals surface area (Å²) in [4.78, 5) is 26.8. The van der Waals surface area contributed by atoms with Crippen molar-refractivity contribution in [3.63, 3.8) is 0 Å². The number of halogens is 1. The van der Waals surface area contributed by atoms with Gasteiger partial charge in [-0.1, -0.05) is 11.6 Å². The van der Waals surface area contributed by atoms with Gasteiger partial charge in [-0.3, -0.25) is 4.99 Å². The van der Waals surface area contributed by atoms with Gasteiger partial charge in [-0.05, 0) is 39.7 Å². The Morgan fingerprint density at radius 3 is 2.70 bits per heavy atom. The van der Waals surface area contributed by atoms with Crippen molar-refractivity contribution in [2.24, 2.45) is 20.9 Å². The highest BCUT2D eigenvalue weighted by molar-refractivity contribution is 6.85. The van der Waals surface area contributed by atoms with E-state index in [0.29, 0.717) is 24.2 Å². The first kappa shape index (κ1) is 16.2. The van der Waals surface area contributed by atoms with Crippen LogP contribution in [0, 0.1) is 5.92 Å². The minimum atomic E-state index is -0.464. The van der Waals surface area contributed by atoms with Crippen LogP contribution in [0.1, 0.15) is 33.6 Å². The molecule has 3 rings (SSSR count). The Balaban J connectivity index is 1.61. The zero-order valence-corrected chi connectivity index (χ0v) is 14.4. The number of hydrogen-bond acceptors (Lipinski definition) is 5. The summed E-state index contributed by atoms with van der Waals surface area (Å²) in [5.41, 5.74) is 1.22. The standard InChI is InChI=1S/C16H21ClN4O2/c1-16(2,3)23-15(22)21-6-4-10(5-7-21)11-8-12-13(14(17)20-11)19-9-18-12/h8-10,12H,4-7H2,1-3H3/t12-/m1/s1. The molecule has 23 heavy (non-hydrogen) atoms. The number of carbonyl (C=O) groups is 1. The molecule has 0 aromatic carbocycles. The molecular formula is C16H21ClN4O2. The molecule has 1 saturated heterocycles. The third-order valence-corrected chi connectivity index (χ3v) is 4.31. The number of nitrogens with zero attached hydrogens (tertiary/aromatic N) is 4. The summed E-state index contributed by atoms with van der Waals surface area (Å²) >= 11 is 6.20. The Labute approximate surface area is 141 Å². The van der Waals surface area contributed by atoms with Gasteiger partial charge < -0.3 is 9.64 Å². The second-order valence-corrected chi connectivity index (χ2v) is 7.32. The lowest BCUT2D eigenvalue weighted by Crippen LogP contribution is -2.42. The summed E-state index contributed by atoms with van der Waals surface area (Å²) in [6.07, 6.45) is 5.01. The highest BCUT2D eigenvalue weighted by atomic mass is 35.5. The number of aliphatic imine (C=N–C) groups is 3. The van der Waals surface area contributed by atoms with Crippen molar-refractivity contribution in [3.05, 3.63) is 11.8 Å². The number of ether oxygens (including phenoxy) is 1. The number of piperidine rings is 1. The largest absolute Gasteiger partial charge is 0.444 e. The highest BCUT2D eigenvalue weighted by Crippen LogP contribution is 2.30. The normalized spacial score (nSPS) is 24.8. The number of allylic oxidation sites excluding steroid dienone is 1. The van der Waals surface area contributed by atoms with Gasteiger partial charge in [-0.15, -0.1) is 0 Å². The van der Waals surface area contributed by atoms with Gasteiger partial charge in [0.25, 0.3) is 0 Å². The fourth-order valence-electron chi connectivity index (χ4n) is 2.89. The molecule has 6 nitrogen and oxygen atoms in total. The number of rotatable bonds is 1. The lowest BCUT2D eigenvalue weighted by atomic mass is 9.91. The van der Waals surface area contributed by atoms with Gasteiger partial charge in [0.05, 0.1) is 0 Å². The van der Waals surface area contributed by atoms with Crippen LogP contribution in [0.5, 0.6) is 0 Å².